The molecule has 0 saturated carbocycles. The van der Waals surface area contributed by atoms with Crippen LogP contribution in [0.3, 0.4) is 0 Å². The molecule has 0 heterocycles. The first-order valence-corrected chi connectivity index (χ1v) is 7.06. The van der Waals surface area contributed by atoms with E-state index in [9.17, 15) is 0 Å². The van der Waals surface area contributed by atoms with Crippen molar-refractivity contribution in [2.24, 2.45) is 5.73 Å². The maximum Gasteiger partial charge on any atom is 0.0474 e. The minimum atomic E-state index is 0.0591. The smallest absolute Gasteiger partial charge is 0.0474 e. The molecule has 0 amide bonds. The monoisotopic (exact) mass is 264 g/mol. The van der Waals surface area contributed by atoms with Gasteiger partial charge in [0.1, 0.15) is 0 Å². The highest BCUT2D eigenvalue weighted by Gasteiger charge is 2.26. The molecule has 1 rings (SSSR count). The summed E-state index contributed by atoms with van der Waals surface area (Å²) in [4.78, 5) is 2.37. The van der Waals surface area contributed by atoms with E-state index in [-0.39, 0.29) is 5.54 Å². The highest BCUT2D eigenvalue weighted by Crippen LogP contribution is 2.20. The van der Waals surface area contributed by atoms with Crippen LogP contribution in [-0.4, -0.2) is 44.3 Å². The third kappa shape index (κ3) is 5.31. The normalized spacial score (nSPS) is 14.6. The number of benzene rings is 1. The van der Waals surface area contributed by atoms with Gasteiger partial charge in [-0.2, -0.15) is 0 Å². The molecule has 19 heavy (non-hydrogen) atoms. The standard InChI is InChI=1S/C16H28N2O/c1-16(14-17,18(2)12-7-13-19-3)11-10-15-8-5-4-6-9-15/h4-6,8-9H,7,10-14,17H2,1-3H3. The van der Waals surface area contributed by atoms with Gasteiger partial charge in [-0.15, -0.1) is 0 Å². The molecule has 0 spiro atoms. The summed E-state index contributed by atoms with van der Waals surface area (Å²) in [5.41, 5.74) is 7.44. The average molecular weight is 264 g/mol. The molecule has 0 fully saturated rings. The van der Waals surface area contributed by atoms with E-state index < -0.39 is 0 Å². The highest BCUT2D eigenvalue weighted by molar-refractivity contribution is 5.15. The van der Waals surface area contributed by atoms with Gasteiger partial charge in [0.25, 0.3) is 0 Å². The van der Waals surface area contributed by atoms with Gasteiger partial charge in [0, 0.05) is 32.3 Å². The second kappa shape index (κ2) is 8.31. The summed E-state index contributed by atoms with van der Waals surface area (Å²) in [5, 5.41) is 0. The zero-order valence-electron chi connectivity index (χ0n) is 12.6. The fraction of sp³-hybridized carbons (Fsp3) is 0.625. The van der Waals surface area contributed by atoms with Crippen molar-refractivity contribution >= 4 is 0 Å². The molecule has 0 bridgehead atoms. The molecule has 0 aliphatic heterocycles. The maximum atomic E-state index is 6.00. The van der Waals surface area contributed by atoms with Crippen molar-refractivity contribution in [3.8, 4) is 0 Å². The molecule has 1 aromatic rings. The fourth-order valence-electron chi connectivity index (χ4n) is 2.22. The number of nitrogens with zero attached hydrogens (tertiary/aromatic N) is 1. The number of methoxy groups -OCH3 is 1. The van der Waals surface area contributed by atoms with E-state index in [4.69, 9.17) is 10.5 Å². The molecule has 3 nitrogen and oxygen atoms in total. The Bertz CT molecular complexity index is 342. The summed E-state index contributed by atoms with van der Waals surface area (Å²) in [5.74, 6) is 0. The van der Waals surface area contributed by atoms with Crippen LogP contribution in [0.15, 0.2) is 30.3 Å². The number of hydrogen-bond acceptors (Lipinski definition) is 3. The zero-order chi connectivity index (χ0) is 14.1. The molecule has 0 radical (unpaired) electrons. The minimum absolute atomic E-state index is 0.0591. The van der Waals surface area contributed by atoms with Crippen LogP contribution in [0.2, 0.25) is 0 Å². The van der Waals surface area contributed by atoms with E-state index in [1.54, 1.807) is 7.11 Å². The summed E-state index contributed by atoms with van der Waals surface area (Å²) in [6, 6.07) is 10.6. The largest absolute Gasteiger partial charge is 0.385 e. The number of hydrogen-bond donors (Lipinski definition) is 1. The van der Waals surface area contributed by atoms with Gasteiger partial charge in [0.2, 0.25) is 0 Å². The van der Waals surface area contributed by atoms with Gasteiger partial charge in [0.05, 0.1) is 0 Å². The molecular formula is C16H28N2O. The SMILES string of the molecule is COCCCN(C)C(C)(CN)CCc1ccccc1. The quantitative estimate of drug-likeness (QED) is 0.696. The van der Waals surface area contributed by atoms with Crippen molar-refractivity contribution in [3.63, 3.8) is 0 Å². The van der Waals surface area contributed by atoms with Crippen molar-refractivity contribution in [2.45, 2.75) is 31.7 Å². The Morgan fingerprint density at radius 1 is 1.26 bits per heavy atom. The summed E-state index contributed by atoms with van der Waals surface area (Å²) >= 11 is 0. The highest BCUT2D eigenvalue weighted by atomic mass is 16.5. The molecule has 3 heteroatoms. The summed E-state index contributed by atoms with van der Waals surface area (Å²) in [7, 11) is 3.91. The lowest BCUT2D eigenvalue weighted by molar-refractivity contribution is 0.113. The molecule has 2 N–H and O–H groups in total. The zero-order valence-corrected chi connectivity index (χ0v) is 12.6. The van der Waals surface area contributed by atoms with Crippen LogP contribution in [0.5, 0.6) is 0 Å². The molecule has 1 unspecified atom stereocenters. The van der Waals surface area contributed by atoms with E-state index in [0.29, 0.717) is 6.54 Å². The van der Waals surface area contributed by atoms with E-state index in [1.165, 1.54) is 5.56 Å². The lowest BCUT2D eigenvalue weighted by Gasteiger charge is -2.38. The number of ether oxygens (including phenoxy) is 1. The number of nitrogens with two attached hydrogens (primary N) is 1. The minimum Gasteiger partial charge on any atom is -0.385 e. The van der Waals surface area contributed by atoms with Crippen molar-refractivity contribution < 1.29 is 4.74 Å². The van der Waals surface area contributed by atoms with E-state index >= 15 is 0 Å². The molecule has 0 aliphatic carbocycles. The molecule has 0 aliphatic rings. The van der Waals surface area contributed by atoms with Crippen LogP contribution in [0, 0.1) is 0 Å². The Kier molecular flexibility index (Phi) is 7.06. The Hall–Kier alpha value is -0.900. The Morgan fingerprint density at radius 3 is 2.53 bits per heavy atom. The summed E-state index contributed by atoms with van der Waals surface area (Å²) < 4.78 is 5.11. The van der Waals surface area contributed by atoms with Crippen LogP contribution in [0.25, 0.3) is 0 Å². The first-order chi connectivity index (χ1) is 9.12. The predicted octanol–water partition coefficient (Wildman–Crippen LogP) is 2.30. The van der Waals surface area contributed by atoms with Crippen LogP contribution in [0.4, 0.5) is 0 Å². The van der Waals surface area contributed by atoms with Crippen molar-refractivity contribution in [3.05, 3.63) is 35.9 Å². The Balaban J connectivity index is 2.49. The second-order valence-corrected chi connectivity index (χ2v) is 5.45. The molecule has 108 valence electrons. The van der Waals surface area contributed by atoms with E-state index in [2.05, 4.69) is 49.2 Å². The van der Waals surface area contributed by atoms with E-state index in [0.717, 1.165) is 32.4 Å². The Morgan fingerprint density at radius 2 is 1.95 bits per heavy atom. The van der Waals surface area contributed by atoms with Crippen LogP contribution < -0.4 is 5.73 Å². The topological polar surface area (TPSA) is 38.5 Å². The number of aryl methyl sites for hydroxylation is 1. The van der Waals surface area contributed by atoms with Crippen molar-refractivity contribution in [1.82, 2.24) is 4.90 Å². The van der Waals surface area contributed by atoms with Gasteiger partial charge in [-0.1, -0.05) is 30.3 Å². The van der Waals surface area contributed by atoms with Gasteiger partial charge in [-0.05, 0) is 38.8 Å². The van der Waals surface area contributed by atoms with E-state index in [1.807, 2.05) is 0 Å². The lowest BCUT2D eigenvalue weighted by atomic mass is 9.91. The van der Waals surface area contributed by atoms with Gasteiger partial charge < -0.3 is 10.5 Å². The number of likely N-dealkylation sites (N-methyl/N-ethyl adjacent to an activating group) is 1. The molecule has 0 aromatic heterocycles. The lowest BCUT2D eigenvalue weighted by Crippen LogP contribution is -2.50. The van der Waals surface area contributed by atoms with Gasteiger partial charge in [-0.25, -0.2) is 0 Å². The summed E-state index contributed by atoms with van der Waals surface area (Å²) in [6.45, 7) is 4.77. The van der Waals surface area contributed by atoms with Crippen molar-refractivity contribution in [1.29, 1.82) is 0 Å². The predicted molar refractivity (Wildman–Crippen MR) is 81.3 cm³/mol. The van der Waals surface area contributed by atoms with Crippen molar-refractivity contribution in [2.75, 3.05) is 33.9 Å². The van der Waals surface area contributed by atoms with Gasteiger partial charge in [-0.3, -0.25) is 4.90 Å². The molecule has 1 aromatic carbocycles. The van der Waals surface area contributed by atoms with Crippen LogP contribution in [0.1, 0.15) is 25.3 Å². The van der Waals surface area contributed by atoms with Crippen LogP contribution in [-0.2, 0) is 11.2 Å². The molecule has 0 saturated heterocycles. The first kappa shape index (κ1) is 16.2. The third-order valence-electron chi connectivity index (χ3n) is 4.00. The van der Waals surface area contributed by atoms with Crippen LogP contribution >= 0.6 is 0 Å². The average Bonchev–Trinajstić information content (AvgIpc) is 2.46. The molecular weight excluding hydrogens is 236 g/mol. The third-order valence-corrected chi connectivity index (χ3v) is 4.00. The Labute approximate surface area is 117 Å². The summed E-state index contributed by atoms with van der Waals surface area (Å²) in [6.07, 6.45) is 3.20. The second-order valence-electron chi connectivity index (χ2n) is 5.45. The molecule has 1 atom stereocenters. The maximum absolute atomic E-state index is 6.00. The first-order valence-electron chi connectivity index (χ1n) is 7.06. The van der Waals surface area contributed by atoms with Gasteiger partial charge in [0.15, 0.2) is 0 Å². The van der Waals surface area contributed by atoms with Gasteiger partial charge >= 0.3 is 0 Å². The number of rotatable bonds is 9. The fourth-order valence-corrected chi connectivity index (χ4v) is 2.22.